The summed E-state index contributed by atoms with van der Waals surface area (Å²) in [5.41, 5.74) is 14.2. The SMILES string of the molecule is [C-]#[N+]c1ccc(CC(=O)[C@@](C)(O)Cn2cc(N)cn2)cc1C.[C-]#[N+]c1ccc(CC(=O)[C@@](C)(O)Cn2cc(NC(=O)CCl)cn2)cc1C.[C-]#[N+]c1ccc(CC(=O)[C@](C)(Cn2cc(N)cn2)OC(=O)CCl)cc1C. The number of aromatic nitrogens is 6. The van der Waals surface area contributed by atoms with E-state index in [0.29, 0.717) is 34.1 Å². The molecule has 0 aliphatic carbocycles. The summed E-state index contributed by atoms with van der Waals surface area (Å²) < 4.78 is 9.61. The minimum absolute atomic E-state index is 0.0186. The van der Waals surface area contributed by atoms with Crippen molar-refractivity contribution in [3.63, 3.8) is 0 Å². The van der Waals surface area contributed by atoms with Crippen LogP contribution in [0.2, 0.25) is 0 Å². The molecule has 386 valence electrons. The van der Waals surface area contributed by atoms with Gasteiger partial charge in [0.2, 0.25) is 5.91 Å². The van der Waals surface area contributed by atoms with E-state index in [9.17, 15) is 34.2 Å². The van der Waals surface area contributed by atoms with E-state index < -0.39 is 22.8 Å². The highest BCUT2D eigenvalue weighted by Gasteiger charge is 2.38. The lowest BCUT2D eigenvalue weighted by Crippen LogP contribution is -2.45. The number of benzene rings is 3. The van der Waals surface area contributed by atoms with Gasteiger partial charge < -0.3 is 31.7 Å². The number of hydrogen-bond donors (Lipinski definition) is 5. The van der Waals surface area contributed by atoms with Gasteiger partial charge in [-0.2, -0.15) is 15.3 Å². The first-order valence-corrected chi connectivity index (χ1v) is 23.6. The van der Waals surface area contributed by atoms with Crippen molar-refractivity contribution in [1.82, 2.24) is 29.3 Å². The first-order valence-electron chi connectivity index (χ1n) is 22.5. The Bertz CT molecular complexity index is 3140. The Morgan fingerprint density at radius 3 is 1.34 bits per heavy atom. The van der Waals surface area contributed by atoms with E-state index in [-0.39, 0.29) is 73.9 Å². The smallest absolute Gasteiger partial charge is 0.321 e. The van der Waals surface area contributed by atoms with E-state index in [0.717, 1.165) is 33.4 Å². The summed E-state index contributed by atoms with van der Waals surface area (Å²) in [6.07, 6.45) is 9.14. The minimum Gasteiger partial charge on any atom is -0.448 e. The van der Waals surface area contributed by atoms with E-state index in [1.54, 1.807) is 80.8 Å². The lowest BCUT2D eigenvalue weighted by molar-refractivity contribution is -0.165. The zero-order chi connectivity index (χ0) is 55.0. The molecule has 0 aliphatic heterocycles. The molecule has 0 saturated carbocycles. The zero-order valence-corrected chi connectivity index (χ0v) is 43.1. The maximum absolute atomic E-state index is 12.9. The van der Waals surface area contributed by atoms with E-state index in [2.05, 4.69) is 35.1 Å². The number of aryl methyl sites for hydroxylation is 3. The predicted octanol–water partition coefficient (Wildman–Crippen LogP) is 7.05. The largest absolute Gasteiger partial charge is 0.448 e. The molecular formula is C52H56Cl2N12O8. The number of rotatable bonds is 19. The summed E-state index contributed by atoms with van der Waals surface area (Å²) in [5, 5.41) is 35.5. The number of aliphatic hydroxyl groups is 2. The lowest BCUT2D eigenvalue weighted by Gasteiger charge is -2.28. The molecule has 7 N–H and O–H groups in total. The molecule has 0 aliphatic rings. The maximum Gasteiger partial charge on any atom is 0.321 e. The number of halogens is 2. The van der Waals surface area contributed by atoms with Crippen LogP contribution < -0.4 is 16.8 Å². The first kappa shape index (κ1) is 58.4. The number of esters is 1. The molecule has 22 heteroatoms. The van der Waals surface area contributed by atoms with Crippen LogP contribution in [0.5, 0.6) is 0 Å². The Morgan fingerprint density at radius 1 is 0.608 bits per heavy atom. The second-order valence-corrected chi connectivity index (χ2v) is 18.5. The van der Waals surface area contributed by atoms with Gasteiger partial charge in [-0.05, 0) is 74.9 Å². The molecule has 74 heavy (non-hydrogen) atoms. The molecule has 3 aromatic carbocycles. The van der Waals surface area contributed by atoms with Gasteiger partial charge in [0.1, 0.15) is 23.0 Å². The van der Waals surface area contributed by atoms with E-state index in [1.165, 1.54) is 59.6 Å². The Labute approximate surface area is 438 Å². The minimum atomic E-state index is -1.63. The number of Topliss-reactive ketones (excluding diaryl/α,β-unsaturated/α-hetero) is 3. The fraction of sp³-hybridized carbons (Fsp3) is 0.327. The van der Waals surface area contributed by atoms with Gasteiger partial charge in [-0.15, -0.1) is 23.2 Å². The van der Waals surface area contributed by atoms with Crippen LogP contribution in [0.1, 0.15) is 54.2 Å². The number of nitrogens with two attached hydrogens (primary N) is 2. The van der Waals surface area contributed by atoms with Gasteiger partial charge in [0.25, 0.3) is 0 Å². The molecule has 3 atom stereocenters. The van der Waals surface area contributed by atoms with Crippen molar-refractivity contribution in [2.24, 2.45) is 0 Å². The summed E-state index contributed by atoms with van der Waals surface area (Å²) in [7, 11) is 0. The molecular weight excluding hydrogens is 992 g/mol. The fourth-order valence-electron chi connectivity index (χ4n) is 7.20. The summed E-state index contributed by atoms with van der Waals surface area (Å²) in [4.78, 5) is 70.9. The molecule has 20 nitrogen and oxygen atoms in total. The topological polar surface area (TPSA) is 266 Å². The molecule has 0 spiro atoms. The van der Waals surface area contributed by atoms with Crippen LogP contribution in [-0.2, 0) is 67.6 Å². The fourth-order valence-corrected chi connectivity index (χ4v) is 7.32. The van der Waals surface area contributed by atoms with Crippen LogP contribution in [0, 0.1) is 40.5 Å². The third-order valence-corrected chi connectivity index (χ3v) is 11.7. The van der Waals surface area contributed by atoms with Crippen molar-refractivity contribution < 1.29 is 38.9 Å². The molecule has 0 fully saturated rings. The van der Waals surface area contributed by atoms with Gasteiger partial charge in [0.15, 0.2) is 40.0 Å². The van der Waals surface area contributed by atoms with Crippen molar-refractivity contribution in [2.45, 2.75) is 97.2 Å². The Morgan fingerprint density at radius 2 is 0.986 bits per heavy atom. The Kier molecular flexibility index (Phi) is 20.5. The van der Waals surface area contributed by atoms with Gasteiger partial charge in [0.05, 0.1) is 75.0 Å². The van der Waals surface area contributed by atoms with Crippen LogP contribution in [-0.4, -0.2) is 97.3 Å². The normalized spacial score (nSPS) is 13.0. The zero-order valence-electron chi connectivity index (χ0n) is 41.6. The van der Waals surface area contributed by atoms with Crippen LogP contribution in [0.3, 0.4) is 0 Å². The van der Waals surface area contributed by atoms with Gasteiger partial charge in [0, 0.05) is 37.9 Å². The molecule has 1 amide bonds. The summed E-state index contributed by atoms with van der Waals surface area (Å²) >= 11 is 11.0. The number of nitrogen functional groups attached to an aromatic ring is 2. The number of carbonyl (C=O) groups excluding carboxylic acids is 5. The predicted molar refractivity (Wildman–Crippen MR) is 280 cm³/mol. The average Bonchev–Trinajstić information content (AvgIpc) is 4.09. The van der Waals surface area contributed by atoms with Crippen molar-refractivity contribution in [3.05, 3.63) is 159 Å². The quantitative estimate of drug-likeness (QED) is 0.0310. The summed E-state index contributed by atoms with van der Waals surface area (Å²) in [6, 6.07) is 15.5. The van der Waals surface area contributed by atoms with Crippen molar-refractivity contribution in [3.8, 4) is 0 Å². The Hall–Kier alpha value is -8.19. The van der Waals surface area contributed by atoms with Crippen molar-refractivity contribution >= 4 is 86.6 Å². The van der Waals surface area contributed by atoms with E-state index in [4.69, 9.17) is 59.1 Å². The number of hydrogen-bond acceptors (Lipinski definition) is 13. The second-order valence-electron chi connectivity index (χ2n) is 17.9. The summed E-state index contributed by atoms with van der Waals surface area (Å²) in [6.45, 7) is 31.0. The second kappa shape index (κ2) is 26.0. The summed E-state index contributed by atoms with van der Waals surface area (Å²) in [5.74, 6) is -2.57. The molecule has 3 heterocycles. The van der Waals surface area contributed by atoms with Crippen molar-refractivity contribution in [2.75, 3.05) is 28.5 Å². The van der Waals surface area contributed by atoms with Crippen molar-refractivity contribution in [1.29, 1.82) is 0 Å². The average molecular weight is 1050 g/mol. The molecule has 3 aromatic heterocycles. The standard InChI is InChI=1S/2C18H19ClN4O3.C16H18N4O2/c1-12-6-13(4-5-15(12)21-3)7-16(24)18(2,26-17(25)8-19)11-23-10-14(20)9-22-23;1-12-6-13(4-5-15(12)20-3)7-16(24)18(2,26)11-23-10-14(9-21-23)22-17(25)8-19;1-11-6-12(4-5-14(11)18-3)7-15(21)16(2,22)10-20-9-13(17)8-19-20/h4-6,9-10H,7-8,11,20H2,1-2H3;4-6,9-10,26H,7-8,11H2,1-2H3,(H,22,25);4-6,8-9,22H,7,10,17H2,1-2H3/t2*18-;16-/m000/s1. The number of alkyl halides is 2. The highest BCUT2D eigenvalue weighted by Crippen LogP contribution is 2.26. The highest BCUT2D eigenvalue weighted by atomic mass is 35.5. The molecule has 0 bridgehead atoms. The van der Waals surface area contributed by atoms with Gasteiger partial charge >= 0.3 is 5.97 Å². The number of carbonyl (C=O) groups is 5. The number of anilines is 3. The number of nitrogens with zero attached hydrogens (tertiary/aromatic N) is 9. The Balaban J connectivity index is 0.000000241. The van der Waals surface area contributed by atoms with Crippen LogP contribution in [0.25, 0.3) is 14.5 Å². The first-order chi connectivity index (χ1) is 34.8. The van der Waals surface area contributed by atoms with E-state index >= 15 is 0 Å². The van der Waals surface area contributed by atoms with Crippen LogP contribution in [0.4, 0.5) is 34.1 Å². The molecule has 0 radical (unpaired) electrons. The van der Waals surface area contributed by atoms with Crippen LogP contribution in [0.15, 0.2) is 91.8 Å². The third kappa shape index (κ3) is 17.0. The molecule has 6 rings (SSSR count). The third-order valence-electron chi connectivity index (χ3n) is 11.2. The van der Waals surface area contributed by atoms with Gasteiger partial charge in [-0.1, -0.05) is 54.6 Å². The number of ketones is 3. The number of nitrogens with one attached hydrogen (secondary N) is 1. The number of amides is 1. The molecule has 6 aromatic rings. The highest BCUT2D eigenvalue weighted by molar-refractivity contribution is 6.29. The van der Waals surface area contributed by atoms with Crippen LogP contribution >= 0.6 is 23.2 Å². The lowest BCUT2D eigenvalue weighted by atomic mass is 9.93. The maximum atomic E-state index is 12.9. The molecule has 0 unspecified atom stereocenters. The monoisotopic (exact) mass is 1050 g/mol. The number of ether oxygens (including phenoxy) is 1. The van der Waals surface area contributed by atoms with E-state index in [1.807, 2.05) is 6.92 Å². The van der Waals surface area contributed by atoms with Gasteiger partial charge in [-0.3, -0.25) is 38.0 Å². The van der Waals surface area contributed by atoms with Gasteiger partial charge in [-0.25, -0.2) is 14.5 Å². The molecule has 0 saturated heterocycles.